The molecule has 40 heavy (non-hydrogen) atoms. The van der Waals surface area contributed by atoms with Gasteiger partial charge in [0.2, 0.25) is 5.91 Å². The quantitative estimate of drug-likeness (QED) is 0.198. The molecule has 1 saturated carbocycles. The first kappa shape index (κ1) is 27.9. The molecule has 1 aromatic heterocycles. The zero-order valence-electron chi connectivity index (χ0n) is 22.6. The first-order valence-corrected chi connectivity index (χ1v) is 15.3. The van der Waals surface area contributed by atoms with Crippen LogP contribution < -0.4 is 16.0 Å². The number of carbonyl (C=O) groups excluding carboxylic acids is 3. The molecule has 206 valence electrons. The zero-order chi connectivity index (χ0) is 28.1. The Hall–Kier alpha value is -3.69. The maximum atomic E-state index is 13.2. The van der Waals surface area contributed by atoms with Crippen LogP contribution in [0.25, 0.3) is 10.2 Å². The third-order valence-corrected chi connectivity index (χ3v) is 8.98. The number of fused-ring (bicyclic) bond motifs is 1. The lowest BCUT2D eigenvalue weighted by Crippen LogP contribution is -2.37. The van der Waals surface area contributed by atoms with Crippen LogP contribution in [-0.2, 0) is 4.79 Å². The Morgan fingerprint density at radius 3 is 2.27 bits per heavy atom. The van der Waals surface area contributed by atoms with Crippen molar-refractivity contribution < 1.29 is 14.4 Å². The van der Waals surface area contributed by atoms with E-state index in [1.54, 1.807) is 30.3 Å². The van der Waals surface area contributed by atoms with Gasteiger partial charge in [0.25, 0.3) is 11.8 Å². The number of rotatable bonds is 8. The SMILES string of the molecule is Cc1cc(C)cc(NC(=O)CSc2nc3ccc(NC(=O)c4ccccc4C(=O)NC4CCCCC4)cc3s2)c1. The highest BCUT2D eigenvalue weighted by atomic mass is 32.2. The van der Waals surface area contributed by atoms with Crippen molar-refractivity contribution in [1.82, 2.24) is 10.3 Å². The number of carbonyl (C=O) groups is 3. The molecule has 9 heteroatoms. The number of hydrogen-bond donors (Lipinski definition) is 3. The largest absolute Gasteiger partial charge is 0.349 e. The third kappa shape index (κ3) is 7.08. The Kier molecular flexibility index (Phi) is 8.81. The van der Waals surface area contributed by atoms with Gasteiger partial charge in [-0.25, -0.2) is 4.98 Å². The monoisotopic (exact) mass is 572 g/mol. The molecule has 1 aliphatic rings. The Morgan fingerprint density at radius 1 is 0.850 bits per heavy atom. The molecular weight excluding hydrogens is 541 g/mol. The number of aromatic nitrogens is 1. The van der Waals surface area contributed by atoms with Crippen molar-refractivity contribution in [3.05, 3.63) is 82.9 Å². The fourth-order valence-electron chi connectivity index (χ4n) is 5.00. The molecule has 7 nitrogen and oxygen atoms in total. The maximum Gasteiger partial charge on any atom is 0.256 e. The molecular formula is C31H32N4O3S2. The standard InChI is InChI=1S/C31H32N4O3S2/c1-19-14-20(2)16-23(15-19)32-28(36)18-39-31-35-26-13-12-22(17-27(26)40-31)34-30(38)25-11-7-6-10-24(25)29(37)33-21-8-4-3-5-9-21/h6-7,10-17,21H,3-5,8-9,18H2,1-2H3,(H,32,36)(H,33,37)(H,34,38). The van der Waals surface area contributed by atoms with Crippen molar-refractivity contribution in [1.29, 1.82) is 0 Å². The molecule has 3 aromatic carbocycles. The smallest absolute Gasteiger partial charge is 0.256 e. The van der Waals surface area contributed by atoms with E-state index in [-0.39, 0.29) is 29.5 Å². The fourth-order valence-corrected chi connectivity index (χ4v) is 6.91. The van der Waals surface area contributed by atoms with Crippen molar-refractivity contribution >= 4 is 62.4 Å². The number of anilines is 2. The van der Waals surface area contributed by atoms with Crippen LogP contribution in [0.15, 0.2) is 65.0 Å². The van der Waals surface area contributed by atoms with Crippen LogP contribution in [0.3, 0.4) is 0 Å². The van der Waals surface area contributed by atoms with Gasteiger partial charge < -0.3 is 16.0 Å². The van der Waals surface area contributed by atoms with Gasteiger partial charge in [-0.15, -0.1) is 11.3 Å². The van der Waals surface area contributed by atoms with Gasteiger partial charge in [0.05, 0.1) is 27.1 Å². The van der Waals surface area contributed by atoms with Crippen molar-refractivity contribution in [2.24, 2.45) is 0 Å². The molecule has 3 N–H and O–H groups in total. The van der Waals surface area contributed by atoms with Crippen molar-refractivity contribution in [2.45, 2.75) is 56.3 Å². The number of amides is 3. The van der Waals surface area contributed by atoms with Crippen molar-refractivity contribution in [3.8, 4) is 0 Å². The number of hydrogen-bond acceptors (Lipinski definition) is 6. The van der Waals surface area contributed by atoms with Gasteiger partial charge in [0, 0.05) is 17.4 Å². The maximum absolute atomic E-state index is 13.2. The van der Waals surface area contributed by atoms with Crippen LogP contribution in [0.1, 0.15) is 63.9 Å². The summed E-state index contributed by atoms with van der Waals surface area (Å²) in [4.78, 5) is 43.3. The Labute approximate surface area is 242 Å². The van der Waals surface area contributed by atoms with E-state index in [0.717, 1.165) is 57.1 Å². The zero-order valence-corrected chi connectivity index (χ0v) is 24.2. The van der Waals surface area contributed by atoms with Crippen molar-refractivity contribution in [2.75, 3.05) is 16.4 Å². The lowest BCUT2D eigenvalue weighted by atomic mass is 9.95. The summed E-state index contributed by atoms with van der Waals surface area (Å²) in [6, 6.07) is 18.6. The molecule has 1 aliphatic carbocycles. The number of aryl methyl sites for hydroxylation is 2. The summed E-state index contributed by atoms with van der Waals surface area (Å²) in [5.74, 6) is -0.390. The van der Waals surface area contributed by atoms with E-state index < -0.39 is 0 Å². The average molecular weight is 573 g/mol. The minimum absolute atomic E-state index is 0.0894. The van der Waals surface area contributed by atoms with Crippen molar-refractivity contribution in [3.63, 3.8) is 0 Å². The number of nitrogens with one attached hydrogen (secondary N) is 3. The average Bonchev–Trinajstić information content (AvgIpc) is 3.34. The highest BCUT2D eigenvalue weighted by Crippen LogP contribution is 2.31. The summed E-state index contributed by atoms with van der Waals surface area (Å²) in [6.45, 7) is 4.01. The fraction of sp³-hybridized carbons (Fsp3) is 0.290. The molecule has 5 rings (SSSR count). The Bertz CT molecular complexity index is 1540. The summed E-state index contributed by atoms with van der Waals surface area (Å²) >= 11 is 2.85. The second-order valence-electron chi connectivity index (χ2n) is 10.2. The summed E-state index contributed by atoms with van der Waals surface area (Å²) in [6.07, 6.45) is 5.40. The molecule has 0 bridgehead atoms. The first-order chi connectivity index (χ1) is 19.3. The molecule has 0 unspecified atom stereocenters. The molecule has 0 aliphatic heterocycles. The Morgan fingerprint density at radius 2 is 1.55 bits per heavy atom. The number of benzene rings is 3. The summed E-state index contributed by atoms with van der Waals surface area (Å²) in [7, 11) is 0. The predicted molar refractivity (Wildman–Crippen MR) is 164 cm³/mol. The van der Waals surface area contributed by atoms with Crippen LogP contribution in [0.5, 0.6) is 0 Å². The third-order valence-electron chi connectivity index (χ3n) is 6.82. The lowest BCUT2D eigenvalue weighted by molar-refractivity contribution is -0.113. The molecule has 0 spiro atoms. The second-order valence-corrected chi connectivity index (χ2v) is 12.4. The van der Waals surface area contributed by atoms with Gasteiger partial charge in [-0.3, -0.25) is 14.4 Å². The summed E-state index contributed by atoms with van der Waals surface area (Å²) in [5, 5.41) is 8.99. The normalized spacial score (nSPS) is 13.7. The number of thiazole rings is 1. The highest BCUT2D eigenvalue weighted by molar-refractivity contribution is 8.01. The first-order valence-electron chi connectivity index (χ1n) is 13.5. The van der Waals surface area contributed by atoms with Gasteiger partial charge in [0.15, 0.2) is 4.34 Å². The van der Waals surface area contributed by atoms with Crippen LogP contribution >= 0.6 is 23.1 Å². The topological polar surface area (TPSA) is 100 Å². The van der Waals surface area contributed by atoms with E-state index in [9.17, 15) is 14.4 Å². The summed E-state index contributed by atoms with van der Waals surface area (Å²) < 4.78 is 1.68. The minimum atomic E-state index is -0.337. The lowest BCUT2D eigenvalue weighted by Gasteiger charge is -2.23. The van der Waals surface area contributed by atoms with Gasteiger partial charge >= 0.3 is 0 Å². The molecule has 0 radical (unpaired) electrons. The van der Waals surface area contributed by atoms with E-state index in [0.29, 0.717) is 16.8 Å². The molecule has 3 amide bonds. The van der Waals surface area contributed by atoms with Gasteiger partial charge in [-0.2, -0.15) is 0 Å². The van der Waals surface area contributed by atoms with E-state index in [1.807, 2.05) is 38.1 Å². The number of thioether (sulfide) groups is 1. The van der Waals surface area contributed by atoms with E-state index >= 15 is 0 Å². The van der Waals surface area contributed by atoms with E-state index in [2.05, 4.69) is 27.0 Å². The van der Waals surface area contributed by atoms with Crippen LogP contribution in [-0.4, -0.2) is 34.5 Å². The molecule has 1 heterocycles. The number of nitrogens with zero attached hydrogens (tertiary/aromatic N) is 1. The van der Waals surface area contributed by atoms with Gasteiger partial charge in [-0.05, 0) is 80.3 Å². The highest BCUT2D eigenvalue weighted by Gasteiger charge is 2.21. The van der Waals surface area contributed by atoms with E-state index in [4.69, 9.17) is 0 Å². The molecule has 0 saturated heterocycles. The molecule has 1 fully saturated rings. The van der Waals surface area contributed by atoms with Gasteiger partial charge in [-0.1, -0.05) is 49.2 Å². The van der Waals surface area contributed by atoms with Gasteiger partial charge in [0.1, 0.15) is 0 Å². The van der Waals surface area contributed by atoms with E-state index in [1.165, 1.54) is 29.5 Å². The van der Waals surface area contributed by atoms with Crippen LogP contribution in [0, 0.1) is 13.8 Å². The second kappa shape index (κ2) is 12.7. The minimum Gasteiger partial charge on any atom is -0.349 e. The Balaban J connectivity index is 1.22. The van der Waals surface area contributed by atoms with Crippen LogP contribution in [0.4, 0.5) is 11.4 Å². The van der Waals surface area contributed by atoms with Crippen LogP contribution in [0.2, 0.25) is 0 Å². The predicted octanol–water partition coefficient (Wildman–Crippen LogP) is 6.96. The molecule has 4 aromatic rings. The molecule has 0 atom stereocenters. The summed E-state index contributed by atoms with van der Waals surface area (Å²) in [5.41, 5.74) is 5.13.